The molecule has 0 bridgehead atoms. The van der Waals surface area contributed by atoms with Crippen molar-refractivity contribution in [3.63, 3.8) is 0 Å². The molecule has 0 radical (unpaired) electrons. The van der Waals surface area contributed by atoms with Crippen LogP contribution in [0.5, 0.6) is 0 Å². The average Bonchev–Trinajstić information content (AvgIpc) is 2.48. The molecule has 1 aromatic heterocycles. The van der Waals surface area contributed by atoms with E-state index < -0.39 is 12.0 Å². The Hall–Kier alpha value is -2.54. The van der Waals surface area contributed by atoms with Gasteiger partial charge in [-0.2, -0.15) is 5.43 Å². The van der Waals surface area contributed by atoms with Crippen molar-refractivity contribution in [3.05, 3.63) is 42.8 Å². The van der Waals surface area contributed by atoms with E-state index in [1.807, 2.05) is 18.5 Å². The molecule has 0 unspecified atom stereocenters. The molecule has 1 aromatic rings. The number of carboxylic acids is 1. The van der Waals surface area contributed by atoms with Gasteiger partial charge in [0, 0.05) is 30.5 Å². The van der Waals surface area contributed by atoms with E-state index in [0.29, 0.717) is 18.7 Å². The number of rotatable bonds is 5. The van der Waals surface area contributed by atoms with Gasteiger partial charge in [0.2, 0.25) is 0 Å². The first kappa shape index (κ1) is 13.9. The molecule has 1 aliphatic heterocycles. The minimum absolute atomic E-state index is 0.389. The summed E-state index contributed by atoms with van der Waals surface area (Å²) in [5.74, 6) is -0.340. The van der Waals surface area contributed by atoms with E-state index in [1.54, 1.807) is 29.3 Å². The number of carbonyl (C=O) groups is 1. The summed E-state index contributed by atoms with van der Waals surface area (Å²) >= 11 is 0. The highest BCUT2D eigenvalue weighted by atomic mass is 16.4. The number of nitrogens with one attached hydrogen (secondary N) is 1. The molecule has 0 saturated heterocycles. The predicted octanol–water partition coefficient (Wildman–Crippen LogP) is 0.125. The first-order valence-electron chi connectivity index (χ1n) is 6.19. The lowest BCUT2D eigenvalue weighted by Crippen LogP contribution is -2.30. The number of aliphatic carboxylic acids is 1. The Morgan fingerprint density at radius 1 is 1.50 bits per heavy atom. The van der Waals surface area contributed by atoms with E-state index in [4.69, 9.17) is 10.8 Å². The van der Waals surface area contributed by atoms with Crippen LogP contribution in [0.25, 0.3) is 5.57 Å². The standard InChI is InChI=1S/C13H15N5O2/c14-11(13(19)20)3-1-7-18-8-4-10(9-17-18)12-15-5-2-6-16-12/h2,4-9,11H,1,3,14H2,(H-,15,16,17,19,20)/p+1/t11-/m0/s1. The normalized spacial score (nSPS) is 17.4. The molecule has 0 spiro atoms. The van der Waals surface area contributed by atoms with Gasteiger partial charge in [-0.1, -0.05) is 4.68 Å². The van der Waals surface area contributed by atoms with Crippen LogP contribution < -0.4 is 11.2 Å². The topological polar surface area (TPSA) is 104 Å². The summed E-state index contributed by atoms with van der Waals surface area (Å²) in [6.07, 6.45) is 11.6. The van der Waals surface area contributed by atoms with Crippen LogP contribution in [0.2, 0.25) is 0 Å². The number of hydrogen-bond acceptors (Lipinski definition) is 5. The Balaban J connectivity index is 1.90. The number of aromatic nitrogens is 2. The third-order valence-corrected chi connectivity index (χ3v) is 2.73. The maximum absolute atomic E-state index is 10.6. The third kappa shape index (κ3) is 3.72. The van der Waals surface area contributed by atoms with Gasteiger partial charge < -0.3 is 10.8 Å². The van der Waals surface area contributed by atoms with Crippen LogP contribution >= 0.6 is 0 Å². The summed E-state index contributed by atoms with van der Waals surface area (Å²) in [5.41, 5.74) is 9.33. The van der Waals surface area contributed by atoms with Gasteiger partial charge in [0.1, 0.15) is 6.04 Å². The number of nitrogens with two attached hydrogens (primary N) is 1. The van der Waals surface area contributed by atoms with E-state index in [-0.39, 0.29) is 0 Å². The van der Waals surface area contributed by atoms with E-state index >= 15 is 0 Å². The van der Waals surface area contributed by atoms with E-state index in [9.17, 15) is 4.79 Å². The second-order valence-corrected chi connectivity index (χ2v) is 4.23. The fourth-order valence-corrected chi connectivity index (χ4v) is 1.61. The zero-order valence-corrected chi connectivity index (χ0v) is 10.8. The number of nitrogens with zero attached hydrogens (tertiary/aromatic N) is 3. The largest absolute Gasteiger partial charge is 0.480 e. The number of hydrogen-bond donors (Lipinski definition) is 3. The van der Waals surface area contributed by atoms with E-state index in [1.165, 1.54) is 0 Å². The Bertz CT molecular complexity index is 565. The summed E-state index contributed by atoms with van der Waals surface area (Å²) in [5, 5.41) is 8.67. The summed E-state index contributed by atoms with van der Waals surface area (Å²) in [4.78, 5) is 18.9. The van der Waals surface area contributed by atoms with Gasteiger partial charge in [0.15, 0.2) is 18.2 Å². The molecule has 0 fully saturated rings. The molecule has 4 N–H and O–H groups in total. The molecular formula is C13H16N5O2+. The second-order valence-electron chi connectivity index (χ2n) is 4.23. The minimum atomic E-state index is -0.982. The van der Waals surface area contributed by atoms with Crippen LogP contribution in [-0.2, 0) is 4.79 Å². The van der Waals surface area contributed by atoms with Crippen LogP contribution in [0.1, 0.15) is 18.7 Å². The Morgan fingerprint density at radius 3 is 2.85 bits per heavy atom. The molecule has 0 saturated carbocycles. The maximum atomic E-state index is 10.6. The van der Waals surface area contributed by atoms with Crippen molar-refractivity contribution >= 4 is 17.8 Å². The molecule has 7 nitrogen and oxygen atoms in total. The van der Waals surface area contributed by atoms with Gasteiger partial charge in [0.05, 0.1) is 6.20 Å². The maximum Gasteiger partial charge on any atom is 0.320 e. The van der Waals surface area contributed by atoms with Crippen LogP contribution in [0.3, 0.4) is 0 Å². The van der Waals surface area contributed by atoms with Gasteiger partial charge in [0.25, 0.3) is 0 Å². The van der Waals surface area contributed by atoms with Gasteiger partial charge in [-0.05, 0) is 12.5 Å². The highest BCUT2D eigenvalue weighted by Crippen LogP contribution is 2.11. The number of hydrazine groups is 1. The molecule has 104 valence electrons. The quantitative estimate of drug-likeness (QED) is 0.659. The highest BCUT2D eigenvalue weighted by Gasteiger charge is 2.12. The third-order valence-electron chi connectivity index (χ3n) is 2.73. The van der Waals surface area contributed by atoms with Gasteiger partial charge in [-0.15, -0.1) is 0 Å². The SMILES string of the molecule is N[C@@H](CCC=[N+]1C=CC(c2ncccn2)=CN1)C(=O)O. The van der Waals surface area contributed by atoms with Crippen LogP contribution in [0, 0.1) is 0 Å². The van der Waals surface area contributed by atoms with Crippen molar-refractivity contribution in [2.24, 2.45) is 5.73 Å². The summed E-state index contributed by atoms with van der Waals surface area (Å²) in [6, 6.07) is 0.930. The van der Waals surface area contributed by atoms with Crippen molar-refractivity contribution < 1.29 is 14.6 Å². The summed E-state index contributed by atoms with van der Waals surface area (Å²) in [6.45, 7) is 0. The number of carboxylic acid groups (broad SMARTS) is 1. The summed E-state index contributed by atoms with van der Waals surface area (Å²) in [7, 11) is 0. The van der Waals surface area contributed by atoms with Gasteiger partial charge in [-0.25, -0.2) is 9.97 Å². The first-order valence-corrected chi connectivity index (χ1v) is 6.19. The fourth-order valence-electron chi connectivity index (χ4n) is 1.61. The Kier molecular flexibility index (Phi) is 4.56. The predicted molar refractivity (Wildman–Crippen MR) is 73.5 cm³/mol. The summed E-state index contributed by atoms with van der Waals surface area (Å²) < 4.78 is 1.74. The first-order chi connectivity index (χ1) is 9.66. The van der Waals surface area contributed by atoms with Gasteiger partial charge >= 0.3 is 5.97 Å². The molecule has 7 heteroatoms. The monoisotopic (exact) mass is 274 g/mol. The average molecular weight is 274 g/mol. The lowest BCUT2D eigenvalue weighted by atomic mass is 10.2. The fraction of sp³-hybridized carbons (Fsp3) is 0.231. The molecule has 1 atom stereocenters. The zero-order chi connectivity index (χ0) is 14.4. The smallest absolute Gasteiger partial charge is 0.320 e. The molecule has 0 amide bonds. The molecule has 0 aliphatic carbocycles. The van der Waals surface area contributed by atoms with E-state index in [2.05, 4.69) is 15.4 Å². The van der Waals surface area contributed by atoms with Crippen LogP contribution in [-0.4, -0.2) is 38.0 Å². The lowest BCUT2D eigenvalue weighted by Gasteiger charge is -2.06. The lowest BCUT2D eigenvalue weighted by molar-refractivity contribution is -0.508. The molecule has 0 aromatic carbocycles. The van der Waals surface area contributed by atoms with Crippen molar-refractivity contribution in [1.82, 2.24) is 15.4 Å². The van der Waals surface area contributed by atoms with Crippen molar-refractivity contribution in [1.29, 1.82) is 0 Å². The van der Waals surface area contributed by atoms with Crippen LogP contribution in [0.15, 0.2) is 36.9 Å². The Labute approximate surface area is 116 Å². The number of hydrazone groups is 1. The molecule has 1 aliphatic rings. The molecular weight excluding hydrogens is 258 g/mol. The molecule has 2 heterocycles. The van der Waals surface area contributed by atoms with Gasteiger partial charge in [-0.3, -0.25) is 4.79 Å². The second kappa shape index (κ2) is 6.58. The van der Waals surface area contributed by atoms with Crippen LogP contribution in [0.4, 0.5) is 0 Å². The van der Waals surface area contributed by atoms with E-state index in [0.717, 1.165) is 5.57 Å². The van der Waals surface area contributed by atoms with Crippen molar-refractivity contribution in [2.45, 2.75) is 18.9 Å². The van der Waals surface area contributed by atoms with Crippen molar-refractivity contribution in [2.75, 3.05) is 0 Å². The molecule has 2 rings (SSSR count). The zero-order valence-electron chi connectivity index (χ0n) is 10.8. The number of allylic oxidation sites excluding steroid dienone is 2. The highest BCUT2D eigenvalue weighted by molar-refractivity contribution is 5.73. The Morgan fingerprint density at radius 2 is 2.25 bits per heavy atom. The van der Waals surface area contributed by atoms with Crippen molar-refractivity contribution in [3.8, 4) is 0 Å². The minimum Gasteiger partial charge on any atom is -0.480 e. The molecule has 20 heavy (non-hydrogen) atoms.